The van der Waals surface area contributed by atoms with E-state index < -0.39 is 14.4 Å². The maximum absolute atomic E-state index is 12.3. The Kier molecular flexibility index (Phi) is 17.9. The quantitative estimate of drug-likeness (QED) is 0.0661. The van der Waals surface area contributed by atoms with Crippen molar-refractivity contribution in [2.24, 2.45) is 5.92 Å². The van der Waals surface area contributed by atoms with Gasteiger partial charge in [-0.2, -0.15) is 0 Å². The Bertz CT molecular complexity index is 1430. The standard InChI is InChI=1S/C41H66ClNO7S2Si/c1-14-47-37(48-15-2)26-33(50-53(12,13)40(6,7)8)29(4)23-30(5)35-27-41(51-20-17-21-52-41)36(49-35)19-16-18-28(3)22-31-24-32(43(9)39(44)46-11)38(42)34(25-31)45-10/h16,18-19,23-25,30,33,35-37H,14-15,17,20-22,26-27H2,1-13H3/b19-16+,28-18+,29-23+/t30-,33-,35?,36?/m0/s1. The van der Waals surface area contributed by atoms with Gasteiger partial charge in [-0.1, -0.05) is 69.2 Å². The van der Waals surface area contributed by atoms with E-state index >= 15 is 0 Å². The highest BCUT2D eigenvalue weighted by Crippen LogP contribution is 2.54. The number of carbonyl (C=O) groups is 1. The molecule has 0 aliphatic carbocycles. The summed E-state index contributed by atoms with van der Waals surface area (Å²) in [4.78, 5) is 13.6. The van der Waals surface area contributed by atoms with Crippen molar-refractivity contribution in [1.29, 1.82) is 0 Å². The number of anilines is 1. The van der Waals surface area contributed by atoms with Crippen molar-refractivity contribution in [2.45, 2.75) is 128 Å². The fraction of sp³-hybridized carbons (Fsp3) is 0.683. The Balaban J connectivity index is 1.84. The number of allylic oxidation sites excluding steroid dienone is 3. The average molecular weight is 813 g/mol. The minimum Gasteiger partial charge on any atom is -0.495 e. The molecule has 2 heterocycles. The van der Waals surface area contributed by atoms with E-state index in [9.17, 15) is 4.79 Å². The van der Waals surface area contributed by atoms with E-state index in [4.69, 9.17) is 39.7 Å². The van der Waals surface area contributed by atoms with E-state index in [-0.39, 0.29) is 39.6 Å². The summed E-state index contributed by atoms with van der Waals surface area (Å²) in [5, 5.41) is 0.447. The molecule has 2 aliphatic rings. The van der Waals surface area contributed by atoms with Crippen LogP contribution in [0, 0.1) is 5.92 Å². The molecule has 1 aromatic carbocycles. The van der Waals surface area contributed by atoms with Crippen molar-refractivity contribution < 1.29 is 32.9 Å². The Labute approximate surface area is 335 Å². The van der Waals surface area contributed by atoms with Gasteiger partial charge in [-0.05, 0) is 93.4 Å². The zero-order valence-electron chi connectivity index (χ0n) is 34.5. The van der Waals surface area contributed by atoms with Crippen LogP contribution in [0.4, 0.5) is 10.5 Å². The highest BCUT2D eigenvalue weighted by Gasteiger charge is 2.50. The topological polar surface area (TPSA) is 75.7 Å². The number of carbonyl (C=O) groups excluding carboxylic acids is 1. The molecule has 2 unspecified atom stereocenters. The number of hydrogen-bond donors (Lipinski definition) is 0. The fourth-order valence-electron chi connectivity index (χ4n) is 6.40. The minimum absolute atomic E-state index is 0.0137. The minimum atomic E-state index is -2.08. The van der Waals surface area contributed by atoms with Crippen molar-refractivity contribution >= 4 is 55.2 Å². The Hall–Kier alpha value is -1.44. The molecule has 1 aromatic rings. The molecule has 1 spiro atoms. The van der Waals surface area contributed by atoms with Gasteiger partial charge in [0, 0.05) is 39.0 Å². The van der Waals surface area contributed by atoms with Crippen molar-refractivity contribution in [2.75, 3.05) is 50.9 Å². The van der Waals surface area contributed by atoms with E-state index in [1.165, 1.54) is 24.0 Å². The van der Waals surface area contributed by atoms with E-state index in [0.717, 1.165) is 29.1 Å². The molecule has 1 amide bonds. The van der Waals surface area contributed by atoms with Crippen molar-refractivity contribution in [3.8, 4) is 5.75 Å². The summed E-state index contributed by atoms with van der Waals surface area (Å²) in [6, 6.07) is 3.82. The van der Waals surface area contributed by atoms with E-state index in [1.807, 2.05) is 26.0 Å². The number of thioether (sulfide) groups is 2. The number of methoxy groups -OCH3 is 2. The van der Waals surface area contributed by atoms with Gasteiger partial charge in [-0.25, -0.2) is 4.79 Å². The number of benzene rings is 1. The highest BCUT2D eigenvalue weighted by atomic mass is 35.5. The molecular weight excluding hydrogens is 746 g/mol. The lowest BCUT2D eigenvalue weighted by molar-refractivity contribution is -0.148. The molecule has 2 saturated heterocycles. The van der Waals surface area contributed by atoms with E-state index in [0.29, 0.717) is 42.5 Å². The molecule has 300 valence electrons. The lowest BCUT2D eigenvalue weighted by Crippen LogP contribution is -2.45. The predicted octanol–water partition coefficient (Wildman–Crippen LogP) is 11.1. The molecule has 12 heteroatoms. The number of nitrogens with zero attached hydrogens (tertiary/aromatic N) is 1. The van der Waals surface area contributed by atoms with Crippen LogP contribution in [-0.4, -0.2) is 89.1 Å². The van der Waals surface area contributed by atoms with Crippen LogP contribution >= 0.6 is 35.1 Å². The van der Waals surface area contributed by atoms with Crippen LogP contribution in [0.2, 0.25) is 23.2 Å². The van der Waals surface area contributed by atoms with Gasteiger partial charge < -0.3 is 28.1 Å². The molecule has 4 atom stereocenters. The zero-order chi connectivity index (χ0) is 39.6. The first kappa shape index (κ1) is 45.9. The number of halogens is 1. The Morgan fingerprint density at radius 3 is 2.34 bits per heavy atom. The van der Waals surface area contributed by atoms with Crippen LogP contribution in [0.25, 0.3) is 0 Å². The monoisotopic (exact) mass is 811 g/mol. The third-order valence-corrected chi connectivity index (χ3v) is 18.8. The molecule has 2 fully saturated rings. The lowest BCUT2D eigenvalue weighted by atomic mass is 9.96. The summed E-state index contributed by atoms with van der Waals surface area (Å²) in [7, 11) is 2.48. The maximum atomic E-state index is 12.3. The van der Waals surface area contributed by atoms with Crippen LogP contribution in [0.5, 0.6) is 5.75 Å². The summed E-state index contributed by atoms with van der Waals surface area (Å²) < 4.78 is 36.5. The van der Waals surface area contributed by atoms with Gasteiger partial charge in [0.15, 0.2) is 14.6 Å². The first-order valence-electron chi connectivity index (χ1n) is 19.0. The van der Waals surface area contributed by atoms with E-state index in [2.05, 4.69) is 102 Å². The van der Waals surface area contributed by atoms with Gasteiger partial charge in [0.1, 0.15) is 16.9 Å². The SMILES string of the molecule is CCOC(C[C@H](O[Si](C)(C)C(C)(C)C)/C(C)=C/[C@H](C)C1CC2(SCCCS2)C(/C=C/C=C(\C)Cc2cc(OC)c(Cl)c(N(C)C(=O)OC)c2)O1)OCC. The van der Waals surface area contributed by atoms with Gasteiger partial charge in [-0.3, -0.25) is 4.90 Å². The third-order valence-electron chi connectivity index (χ3n) is 10.5. The van der Waals surface area contributed by atoms with E-state index in [1.54, 1.807) is 14.2 Å². The van der Waals surface area contributed by atoms with Crippen molar-refractivity contribution in [1.82, 2.24) is 0 Å². The molecule has 0 radical (unpaired) electrons. The average Bonchev–Trinajstić information content (AvgIpc) is 3.44. The summed E-state index contributed by atoms with van der Waals surface area (Å²) in [5.74, 6) is 3.00. The van der Waals surface area contributed by atoms with Gasteiger partial charge in [0.05, 0.1) is 36.2 Å². The first-order valence-corrected chi connectivity index (χ1v) is 24.2. The number of rotatable bonds is 17. The summed E-state index contributed by atoms with van der Waals surface area (Å²) >= 11 is 10.7. The van der Waals surface area contributed by atoms with Gasteiger partial charge in [-0.15, -0.1) is 23.5 Å². The summed E-state index contributed by atoms with van der Waals surface area (Å²) in [6.07, 6.45) is 11.6. The van der Waals surface area contributed by atoms with Crippen LogP contribution in [0.15, 0.2) is 47.6 Å². The van der Waals surface area contributed by atoms with Gasteiger partial charge in [0.2, 0.25) is 0 Å². The first-order chi connectivity index (χ1) is 24.9. The Morgan fingerprint density at radius 2 is 1.77 bits per heavy atom. The van der Waals surface area contributed by atoms with Gasteiger partial charge in [0.25, 0.3) is 0 Å². The van der Waals surface area contributed by atoms with Crippen molar-refractivity contribution in [3.63, 3.8) is 0 Å². The molecule has 2 aliphatic heterocycles. The second kappa shape index (κ2) is 20.6. The Morgan fingerprint density at radius 1 is 1.13 bits per heavy atom. The van der Waals surface area contributed by atoms with Crippen LogP contribution in [-0.2, 0) is 29.8 Å². The normalized spacial score (nSPS) is 21.0. The van der Waals surface area contributed by atoms with Crippen LogP contribution < -0.4 is 9.64 Å². The van der Waals surface area contributed by atoms with Crippen LogP contribution in [0.3, 0.4) is 0 Å². The molecule has 0 N–H and O–H groups in total. The highest BCUT2D eigenvalue weighted by molar-refractivity contribution is 8.18. The molecule has 0 bridgehead atoms. The molecule has 53 heavy (non-hydrogen) atoms. The summed E-state index contributed by atoms with van der Waals surface area (Å²) in [6.45, 7) is 23.3. The largest absolute Gasteiger partial charge is 0.495 e. The van der Waals surface area contributed by atoms with Crippen LogP contribution in [0.1, 0.15) is 80.2 Å². The number of ether oxygens (including phenoxy) is 5. The lowest BCUT2D eigenvalue weighted by Gasteiger charge is -2.40. The molecular formula is C41H66ClNO7S2Si. The fourth-order valence-corrected chi connectivity index (χ4v) is 11.5. The maximum Gasteiger partial charge on any atom is 0.413 e. The second-order valence-corrected chi connectivity index (χ2v) is 23.9. The number of amides is 1. The zero-order valence-corrected chi connectivity index (χ0v) is 37.9. The molecule has 0 aromatic heterocycles. The van der Waals surface area contributed by atoms with Crippen molar-refractivity contribution in [3.05, 3.63) is 58.2 Å². The second-order valence-electron chi connectivity index (χ2n) is 15.6. The smallest absolute Gasteiger partial charge is 0.413 e. The number of hydrogen-bond acceptors (Lipinski definition) is 9. The molecule has 0 saturated carbocycles. The summed E-state index contributed by atoms with van der Waals surface area (Å²) in [5.41, 5.74) is 3.88. The van der Waals surface area contributed by atoms with Gasteiger partial charge >= 0.3 is 6.09 Å². The predicted molar refractivity (Wildman–Crippen MR) is 228 cm³/mol. The third kappa shape index (κ3) is 12.5. The molecule has 8 nitrogen and oxygen atoms in total. The molecule has 3 rings (SSSR count).